The van der Waals surface area contributed by atoms with Crippen molar-refractivity contribution >= 4 is 6.09 Å². The summed E-state index contributed by atoms with van der Waals surface area (Å²) in [5.74, 6) is 0.850. The molecule has 0 spiro atoms. The van der Waals surface area contributed by atoms with Crippen molar-refractivity contribution in [3.05, 3.63) is 24.2 Å². The molecule has 1 aromatic rings. The van der Waals surface area contributed by atoms with Crippen molar-refractivity contribution in [2.75, 3.05) is 13.2 Å². The summed E-state index contributed by atoms with van der Waals surface area (Å²) >= 11 is 0. The maximum Gasteiger partial charge on any atom is 0.410 e. The predicted octanol–water partition coefficient (Wildman–Crippen LogP) is 4.93. The first-order valence-electron chi connectivity index (χ1n) is 9.01. The highest BCUT2D eigenvalue weighted by Gasteiger charge is 2.30. The zero-order valence-corrected chi connectivity index (χ0v) is 15.4. The van der Waals surface area contributed by atoms with Gasteiger partial charge in [-0.2, -0.15) is 0 Å². The van der Waals surface area contributed by atoms with E-state index in [9.17, 15) is 4.79 Å². The van der Waals surface area contributed by atoms with E-state index in [2.05, 4.69) is 0 Å². The summed E-state index contributed by atoms with van der Waals surface area (Å²) in [4.78, 5) is 14.3. The molecule has 0 radical (unpaired) electrons. The van der Waals surface area contributed by atoms with Gasteiger partial charge in [0.1, 0.15) is 17.5 Å². The molecule has 136 valence electrons. The van der Waals surface area contributed by atoms with Crippen LogP contribution in [0.3, 0.4) is 0 Å². The highest BCUT2D eigenvalue weighted by molar-refractivity contribution is 5.68. The summed E-state index contributed by atoms with van der Waals surface area (Å²) in [5.41, 5.74) is -0.444. The number of carbonyl (C=O) groups excluding carboxylic acids is 1. The predicted molar refractivity (Wildman–Crippen MR) is 92.9 cm³/mol. The average Bonchev–Trinajstić information content (AvgIpc) is 3.04. The van der Waals surface area contributed by atoms with E-state index >= 15 is 0 Å². The van der Waals surface area contributed by atoms with Crippen molar-refractivity contribution in [2.45, 2.75) is 77.5 Å². The molecule has 0 saturated carbocycles. The summed E-state index contributed by atoms with van der Waals surface area (Å²) in [6.07, 6.45) is 6.60. The number of piperidine rings is 1. The van der Waals surface area contributed by atoms with Crippen molar-refractivity contribution in [1.82, 2.24) is 4.90 Å². The van der Waals surface area contributed by atoms with Crippen molar-refractivity contribution in [1.29, 1.82) is 0 Å². The molecule has 0 N–H and O–H groups in total. The Kier molecular flexibility index (Phi) is 6.72. The second kappa shape index (κ2) is 8.56. The van der Waals surface area contributed by atoms with Crippen LogP contribution in [0, 0.1) is 0 Å². The van der Waals surface area contributed by atoms with Crippen LogP contribution in [-0.2, 0) is 9.47 Å². The van der Waals surface area contributed by atoms with Gasteiger partial charge >= 0.3 is 6.09 Å². The molecule has 0 unspecified atom stereocenters. The Balaban J connectivity index is 1.75. The fourth-order valence-corrected chi connectivity index (χ4v) is 3.05. The van der Waals surface area contributed by atoms with Crippen LogP contribution in [0.25, 0.3) is 0 Å². The molecule has 1 aliphatic heterocycles. The number of carbonyl (C=O) groups is 1. The fourth-order valence-electron chi connectivity index (χ4n) is 3.05. The van der Waals surface area contributed by atoms with Gasteiger partial charge in [0.05, 0.1) is 6.26 Å². The zero-order valence-electron chi connectivity index (χ0n) is 15.4. The summed E-state index contributed by atoms with van der Waals surface area (Å²) < 4.78 is 16.7. The number of ether oxygens (including phenoxy) is 2. The van der Waals surface area contributed by atoms with E-state index in [1.165, 1.54) is 6.42 Å². The van der Waals surface area contributed by atoms with Crippen molar-refractivity contribution in [3.8, 4) is 0 Å². The monoisotopic (exact) mass is 337 g/mol. The Hall–Kier alpha value is -1.49. The third kappa shape index (κ3) is 5.86. The number of hydrogen-bond acceptors (Lipinski definition) is 4. The van der Waals surface area contributed by atoms with Gasteiger partial charge in [0.2, 0.25) is 0 Å². The molecule has 5 nitrogen and oxygen atoms in total. The number of hydrogen-bond donors (Lipinski definition) is 0. The van der Waals surface area contributed by atoms with E-state index in [0.717, 1.165) is 38.0 Å². The minimum atomic E-state index is -0.444. The van der Waals surface area contributed by atoms with E-state index in [1.54, 1.807) is 6.26 Å². The van der Waals surface area contributed by atoms with Gasteiger partial charge in [-0.05, 0) is 71.9 Å². The number of amides is 1. The molecule has 5 heteroatoms. The van der Waals surface area contributed by atoms with Crippen molar-refractivity contribution in [3.63, 3.8) is 0 Å². The molecule has 1 aliphatic rings. The largest absolute Gasteiger partial charge is 0.467 e. The summed E-state index contributed by atoms with van der Waals surface area (Å²) in [6, 6.07) is 4.06. The summed E-state index contributed by atoms with van der Waals surface area (Å²) in [5, 5.41) is 0. The van der Waals surface area contributed by atoms with Crippen LogP contribution in [0.2, 0.25) is 0 Å². The van der Waals surface area contributed by atoms with E-state index in [1.807, 2.05) is 44.7 Å². The second-order valence-electron chi connectivity index (χ2n) is 7.49. The molecular formula is C19H31NO4. The van der Waals surface area contributed by atoms with Crippen LogP contribution in [0.5, 0.6) is 0 Å². The lowest BCUT2D eigenvalue weighted by atomic mass is 9.98. The Labute approximate surface area is 145 Å². The first kappa shape index (κ1) is 18.8. The molecule has 1 fully saturated rings. The lowest BCUT2D eigenvalue weighted by Gasteiger charge is -2.36. The van der Waals surface area contributed by atoms with Crippen molar-refractivity contribution < 1.29 is 18.7 Å². The molecule has 2 rings (SSSR count). The van der Waals surface area contributed by atoms with Crippen LogP contribution in [0.1, 0.15) is 71.7 Å². The average molecular weight is 337 g/mol. The number of furan rings is 1. The molecular weight excluding hydrogens is 306 g/mol. The minimum absolute atomic E-state index is 0.0340. The third-order valence-corrected chi connectivity index (χ3v) is 4.25. The first-order chi connectivity index (χ1) is 11.4. The van der Waals surface area contributed by atoms with Gasteiger partial charge in [0.15, 0.2) is 0 Å². The Morgan fingerprint density at radius 2 is 2.21 bits per heavy atom. The molecule has 0 bridgehead atoms. The van der Waals surface area contributed by atoms with E-state index in [-0.39, 0.29) is 18.2 Å². The maximum absolute atomic E-state index is 12.4. The van der Waals surface area contributed by atoms with Gasteiger partial charge < -0.3 is 18.8 Å². The quantitative estimate of drug-likeness (QED) is 0.691. The molecule has 0 aromatic carbocycles. The Morgan fingerprint density at radius 1 is 1.42 bits per heavy atom. The molecule has 2 atom stereocenters. The SMILES string of the molecule is C[C@H](OCCC[C@H]1CCCCN1C(=O)OC(C)(C)C)c1ccco1. The van der Waals surface area contributed by atoms with Gasteiger partial charge in [-0.15, -0.1) is 0 Å². The highest BCUT2D eigenvalue weighted by atomic mass is 16.6. The van der Waals surface area contributed by atoms with Gasteiger partial charge in [-0.1, -0.05) is 0 Å². The molecule has 24 heavy (non-hydrogen) atoms. The molecule has 1 aromatic heterocycles. The van der Waals surface area contributed by atoms with Gasteiger partial charge in [-0.25, -0.2) is 4.79 Å². The van der Waals surface area contributed by atoms with Gasteiger partial charge in [0.25, 0.3) is 0 Å². The van der Waals surface area contributed by atoms with E-state index < -0.39 is 5.60 Å². The van der Waals surface area contributed by atoms with E-state index in [0.29, 0.717) is 6.61 Å². The van der Waals surface area contributed by atoms with Crippen LogP contribution >= 0.6 is 0 Å². The third-order valence-electron chi connectivity index (χ3n) is 4.25. The van der Waals surface area contributed by atoms with E-state index in [4.69, 9.17) is 13.9 Å². The van der Waals surface area contributed by atoms with Crippen LogP contribution in [-0.4, -0.2) is 35.8 Å². The maximum atomic E-state index is 12.4. The smallest absolute Gasteiger partial charge is 0.410 e. The zero-order chi connectivity index (χ0) is 17.6. The van der Waals surface area contributed by atoms with Crippen LogP contribution < -0.4 is 0 Å². The normalized spacial score (nSPS) is 20.0. The lowest BCUT2D eigenvalue weighted by molar-refractivity contribution is 0.00521. The standard InChI is InChI=1S/C19H31NO4/c1-15(17-11-8-14-23-17)22-13-7-10-16-9-5-6-12-20(16)18(21)24-19(2,3)4/h8,11,14-16H,5-7,9-10,12-13H2,1-4H3/t15-,16+/m0/s1. The number of nitrogens with zero attached hydrogens (tertiary/aromatic N) is 1. The molecule has 1 saturated heterocycles. The second-order valence-corrected chi connectivity index (χ2v) is 7.49. The highest BCUT2D eigenvalue weighted by Crippen LogP contribution is 2.24. The number of rotatable bonds is 6. The fraction of sp³-hybridized carbons (Fsp3) is 0.737. The summed E-state index contributed by atoms with van der Waals surface area (Å²) in [6.45, 7) is 9.19. The molecule has 2 heterocycles. The minimum Gasteiger partial charge on any atom is -0.467 e. The lowest BCUT2D eigenvalue weighted by Crippen LogP contribution is -2.46. The van der Waals surface area contributed by atoms with Crippen LogP contribution in [0.4, 0.5) is 4.79 Å². The van der Waals surface area contributed by atoms with Gasteiger partial charge in [0, 0.05) is 19.2 Å². The topological polar surface area (TPSA) is 51.9 Å². The van der Waals surface area contributed by atoms with Gasteiger partial charge in [-0.3, -0.25) is 0 Å². The van der Waals surface area contributed by atoms with Crippen molar-refractivity contribution in [2.24, 2.45) is 0 Å². The number of likely N-dealkylation sites (tertiary alicyclic amines) is 1. The summed E-state index contributed by atoms with van der Waals surface area (Å²) in [7, 11) is 0. The molecule has 1 amide bonds. The first-order valence-corrected chi connectivity index (χ1v) is 9.01. The molecule has 0 aliphatic carbocycles. The van der Waals surface area contributed by atoms with Crippen LogP contribution in [0.15, 0.2) is 22.8 Å². The Morgan fingerprint density at radius 3 is 2.88 bits per heavy atom. The Bertz CT molecular complexity index is 492.